The second kappa shape index (κ2) is 8.86. The first-order chi connectivity index (χ1) is 14.2. The number of amides is 1. The van der Waals surface area contributed by atoms with Gasteiger partial charge in [0.05, 0.1) is 12.2 Å². The molecule has 6 heteroatoms. The number of esters is 1. The number of aromatic nitrogens is 1. The van der Waals surface area contributed by atoms with Crippen LogP contribution in [0.15, 0.2) is 24.3 Å². The smallest absolute Gasteiger partial charge is 0.340 e. The molecule has 2 atom stereocenters. The lowest BCUT2D eigenvalue weighted by atomic mass is 9.91. The largest absolute Gasteiger partial charge is 0.462 e. The maximum atomic E-state index is 13.3. The summed E-state index contributed by atoms with van der Waals surface area (Å²) in [5, 5.41) is 0. The van der Waals surface area contributed by atoms with E-state index in [1.807, 2.05) is 31.2 Å². The van der Waals surface area contributed by atoms with Gasteiger partial charge < -0.3 is 14.6 Å². The van der Waals surface area contributed by atoms with Crippen molar-refractivity contribution in [1.29, 1.82) is 0 Å². The zero-order valence-corrected chi connectivity index (χ0v) is 18.4. The van der Waals surface area contributed by atoms with Crippen molar-refractivity contribution >= 4 is 17.7 Å². The molecular weight excluding hydrogens is 380 g/mol. The first kappa shape index (κ1) is 21.8. The van der Waals surface area contributed by atoms with Crippen molar-refractivity contribution in [3.63, 3.8) is 0 Å². The summed E-state index contributed by atoms with van der Waals surface area (Å²) in [5.74, 6) is -0.956. The Hall–Kier alpha value is -2.89. The molecular formula is C24H30N2O4. The van der Waals surface area contributed by atoms with E-state index < -0.39 is 17.7 Å². The van der Waals surface area contributed by atoms with Crippen LogP contribution in [-0.2, 0) is 9.53 Å². The number of hydrogen-bond donors (Lipinski definition) is 1. The molecule has 2 aromatic rings. The molecule has 1 aromatic heterocycles. The summed E-state index contributed by atoms with van der Waals surface area (Å²) in [6, 6.07) is 7.54. The fourth-order valence-electron chi connectivity index (χ4n) is 4.34. The highest BCUT2D eigenvalue weighted by Crippen LogP contribution is 2.32. The van der Waals surface area contributed by atoms with Crippen LogP contribution in [0.2, 0.25) is 0 Å². The molecule has 0 saturated carbocycles. The number of carbonyl (C=O) groups is 3. The molecule has 0 radical (unpaired) electrons. The van der Waals surface area contributed by atoms with E-state index >= 15 is 0 Å². The van der Waals surface area contributed by atoms with Crippen molar-refractivity contribution < 1.29 is 19.1 Å². The van der Waals surface area contributed by atoms with Crippen LogP contribution in [0.25, 0.3) is 11.1 Å². The highest BCUT2D eigenvalue weighted by molar-refractivity contribution is 6.43. The van der Waals surface area contributed by atoms with E-state index in [9.17, 15) is 14.4 Å². The Morgan fingerprint density at radius 1 is 1.07 bits per heavy atom. The fourth-order valence-corrected chi connectivity index (χ4v) is 4.34. The quantitative estimate of drug-likeness (QED) is 0.456. The van der Waals surface area contributed by atoms with Crippen LogP contribution in [-0.4, -0.2) is 47.2 Å². The Morgan fingerprint density at radius 3 is 2.23 bits per heavy atom. The number of nitrogens with one attached hydrogen (secondary N) is 1. The minimum atomic E-state index is -0.620. The van der Waals surface area contributed by atoms with E-state index in [0.717, 1.165) is 12.0 Å². The number of piperidine rings is 1. The number of aromatic amines is 1. The number of likely N-dealkylation sites (tertiary alicyclic amines) is 1. The first-order valence-electron chi connectivity index (χ1n) is 10.5. The maximum absolute atomic E-state index is 13.3. The molecule has 1 amide bonds. The summed E-state index contributed by atoms with van der Waals surface area (Å²) < 4.78 is 5.23. The average Bonchev–Trinajstić information content (AvgIpc) is 3.04. The molecule has 0 spiro atoms. The predicted octanol–water partition coefficient (Wildman–Crippen LogP) is 4.16. The Kier molecular flexibility index (Phi) is 6.44. The molecule has 1 aromatic carbocycles. The second-order valence-electron chi connectivity index (χ2n) is 8.45. The lowest BCUT2D eigenvalue weighted by molar-refractivity contribution is -0.129. The van der Waals surface area contributed by atoms with Crippen molar-refractivity contribution in [2.45, 2.75) is 41.0 Å². The number of ketones is 1. The summed E-state index contributed by atoms with van der Waals surface area (Å²) >= 11 is 0. The van der Waals surface area contributed by atoms with Gasteiger partial charge in [-0.2, -0.15) is 0 Å². The van der Waals surface area contributed by atoms with E-state index in [2.05, 4.69) is 18.8 Å². The number of H-pyrrole nitrogens is 1. The lowest BCUT2D eigenvalue weighted by Gasteiger charge is -2.34. The van der Waals surface area contributed by atoms with Crippen molar-refractivity contribution in [2.75, 3.05) is 19.7 Å². The van der Waals surface area contributed by atoms with Gasteiger partial charge in [0.2, 0.25) is 0 Å². The minimum Gasteiger partial charge on any atom is -0.462 e. The lowest BCUT2D eigenvalue weighted by Crippen LogP contribution is -2.45. The summed E-state index contributed by atoms with van der Waals surface area (Å²) in [4.78, 5) is 43.7. The number of carbonyl (C=O) groups excluding carboxylic acids is 3. The third kappa shape index (κ3) is 4.32. The highest BCUT2D eigenvalue weighted by atomic mass is 16.5. The number of hydrogen-bond acceptors (Lipinski definition) is 4. The zero-order chi connectivity index (χ0) is 22.0. The van der Waals surface area contributed by atoms with Crippen molar-refractivity contribution in [3.05, 3.63) is 46.8 Å². The Morgan fingerprint density at radius 2 is 1.67 bits per heavy atom. The van der Waals surface area contributed by atoms with E-state index in [-0.39, 0.29) is 12.3 Å². The monoisotopic (exact) mass is 410 g/mol. The number of rotatable bonds is 5. The summed E-state index contributed by atoms with van der Waals surface area (Å²) in [6.07, 6.45) is 1.04. The fraction of sp³-hybridized carbons (Fsp3) is 0.458. The van der Waals surface area contributed by atoms with E-state index in [0.29, 0.717) is 47.3 Å². The van der Waals surface area contributed by atoms with E-state index in [1.165, 1.54) is 0 Å². The molecule has 3 rings (SSSR count). The molecule has 1 N–H and O–H groups in total. The van der Waals surface area contributed by atoms with Crippen LogP contribution >= 0.6 is 0 Å². The van der Waals surface area contributed by atoms with Crippen LogP contribution in [0.3, 0.4) is 0 Å². The van der Waals surface area contributed by atoms with E-state index in [1.54, 1.807) is 18.7 Å². The van der Waals surface area contributed by atoms with Gasteiger partial charge in [-0.25, -0.2) is 4.79 Å². The zero-order valence-electron chi connectivity index (χ0n) is 18.4. The number of nitrogens with zero attached hydrogens (tertiary/aromatic N) is 1. The molecule has 2 heterocycles. The second-order valence-corrected chi connectivity index (χ2v) is 8.45. The molecule has 6 nitrogen and oxygen atoms in total. The Bertz CT molecular complexity index is 948. The molecule has 0 aliphatic carbocycles. The van der Waals surface area contributed by atoms with Crippen LogP contribution < -0.4 is 0 Å². The first-order valence-corrected chi connectivity index (χ1v) is 10.5. The number of ether oxygens (including phenoxy) is 1. The molecule has 1 fully saturated rings. The van der Waals surface area contributed by atoms with Gasteiger partial charge in [-0.05, 0) is 44.6 Å². The molecule has 30 heavy (non-hydrogen) atoms. The van der Waals surface area contributed by atoms with Crippen molar-refractivity contribution in [2.24, 2.45) is 11.8 Å². The van der Waals surface area contributed by atoms with Gasteiger partial charge in [0.15, 0.2) is 0 Å². The Balaban J connectivity index is 2.06. The third-order valence-electron chi connectivity index (χ3n) is 5.58. The van der Waals surface area contributed by atoms with Gasteiger partial charge in [-0.3, -0.25) is 9.59 Å². The minimum absolute atomic E-state index is 0.148. The summed E-state index contributed by atoms with van der Waals surface area (Å²) in [5.41, 5.74) is 3.16. The number of Topliss-reactive ketones (excluding diaryl/α,β-unsaturated/α-hetero) is 1. The van der Waals surface area contributed by atoms with Crippen LogP contribution in [0, 0.1) is 25.7 Å². The predicted molar refractivity (Wildman–Crippen MR) is 116 cm³/mol. The SMILES string of the molecule is CCOC(=O)c1c(C)[nH]c(C(=O)C(=O)N2C[C@H](C)C[C@@H](C)C2)c1-c1ccc(C)cc1. The summed E-state index contributed by atoms with van der Waals surface area (Å²) in [7, 11) is 0. The van der Waals surface area contributed by atoms with Gasteiger partial charge in [0, 0.05) is 24.3 Å². The Labute approximate surface area is 177 Å². The molecule has 1 aliphatic rings. The van der Waals surface area contributed by atoms with Crippen molar-refractivity contribution in [3.8, 4) is 11.1 Å². The molecule has 0 bridgehead atoms. The van der Waals surface area contributed by atoms with Gasteiger partial charge in [-0.15, -0.1) is 0 Å². The molecule has 1 aliphatic heterocycles. The molecule has 0 unspecified atom stereocenters. The standard InChI is InChI=1S/C24H30N2O4/c1-6-30-24(29)19-17(5)25-21(20(19)18-9-7-14(2)8-10-18)22(27)23(28)26-12-15(3)11-16(4)13-26/h7-10,15-16,25H,6,11-13H2,1-5H3/t15-,16-/m1/s1. The number of aryl methyl sites for hydroxylation is 2. The molecule has 1 saturated heterocycles. The van der Waals surface area contributed by atoms with Gasteiger partial charge in [0.25, 0.3) is 11.7 Å². The maximum Gasteiger partial charge on any atom is 0.340 e. The number of benzene rings is 1. The van der Waals surface area contributed by atoms with Gasteiger partial charge in [-0.1, -0.05) is 43.7 Å². The normalized spacial score (nSPS) is 18.9. The highest BCUT2D eigenvalue weighted by Gasteiger charge is 2.34. The van der Waals surface area contributed by atoms with Gasteiger partial charge >= 0.3 is 5.97 Å². The van der Waals surface area contributed by atoms with Crippen molar-refractivity contribution in [1.82, 2.24) is 9.88 Å². The molecule has 160 valence electrons. The van der Waals surface area contributed by atoms with E-state index in [4.69, 9.17) is 4.74 Å². The van der Waals surface area contributed by atoms with Crippen LogP contribution in [0.1, 0.15) is 59.3 Å². The topological polar surface area (TPSA) is 79.5 Å². The van der Waals surface area contributed by atoms with Gasteiger partial charge in [0.1, 0.15) is 5.69 Å². The van der Waals surface area contributed by atoms with Crippen LogP contribution in [0.5, 0.6) is 0 Å². The third-order valence-corrected chi connectivity index (χ3v) is 5.58. The summed E-state index contributed by atoms with van der Waals surface area (Å²) in [6.45, 7) is 11.0. The average molecular weight is 411 g/mol. The van der Waals surface area contributed by atoms with Crippen LogP contribution in [0.4, 0.5) is 0 Å².